The van der Waals surface area contributed by atoms with Crippen LogP contribution in [0.5, 0.6) is 23.0 Å². The van der Waals surface area contributed by atoms with Crippen LogP contribution >= 0.6 is 27.7 Å². The van der Waals surface area contributed by atoms with Gasteiger partial charge in [-0.2, -0.15) is 5.10 Å². The van der Waals surface area contributed by atoms with Crippen LogP contribution in [0.3, 0.4) is 0 Å². The summed E-state index contributed by atoms with van der Waals surface area (Å²) in [6, 6.07) is 16.7. The first-order chi connectivity index (χ1) is 18.8. The van der Waals surface area contributed by atoms with Crippen molar-refractivity contribution >= 4 is 39.8 Å². The largest absolute Gasteiger partial charge is 0.503 e. The van der Waals surface area contributed by atoms with Crippen LogP contribution in [0.4, 0.5) is 0 Å². The minimum absolute atomic E-state index is 0.0137. The maximum absolute atomic E-state index is 12.6. The third-order valence-electron chi connectivity index (χ3n) is 5.57. The molecule has 12 heteroatoms. The second-order valence-electron chi connectivity index (χ2n) is 8.18. The number of benzene rings is 3. The van der Waals surface area contributed by atoms with Gasteiger partial charge in [-0.1, -0.05) is 29.5 Å². The van der Waals surface area contributed by atoms with Crippen molar-refractivity contribution in [1.82, 2.24) is 20.2 Å². The smallest absolute Gasteiger partial charge is 0.250 e. The molecule has 0 atom stereocenters. The number of halogens is 1. The van der Waals surface area contributed by atoms with E-state index >= 15 is 0 Å². The van der Waals surface area contributed by atoms with Gasteiger partial charge in [-0.05, 0) is 70.9 Å². The summed E-state index contributed by atoms with van der Waals surface area (Å²) in [6.45, 7) is 2.01. The zero-order valence-corrected chi connectivity index (χ0v) is 24.0. The molecule has 202 valence electrons. The molecule has 3 aromatic carbocycles. The van der Waals surface area contributed by atoms with E-state index in [1.807, 2.05) is 54.0 Å². The molecule has 1 aromatic heterocycles. The van der Waals surface area contributed by atoms with Crippen LogP contribution in [-0.4, -0.2) is 59.1 Å². The molecular weight excluding hydrogens is 586 g/mol. The number of amides is 1. The molecule has 0 bridgehead atoms. The van der Waals surface area contributed by atoms with Crippen LogP contribution in [0.1, 0.15) is 11.1 Å². The Kier molecular flexibility index (Phi) is 9.10. The molecule has 1 heterocycles. The van der Waals surface area contributed by atoms with Gasteiger partial charge < -0.3 is 19.3 Å². The van der Waals surface area contributed by atoms with E-state index in [0.29, 0.717) is 32.5 Å². The number of nitrogens with one attached hydrogen (secondary N) is 1. The number of ether oxygens (including phenoxy) is 3. The molecule has 0 aliphatic rings. The van der Waals surface area contributed by atoms with Gasteiger partial charge in [0.05, 0.1) is 37.8 Å². The zero-order chi connectivity index (χ0) is 27.9. The summed E-state index contributed by atoms with van der Waals surface area (Å²) in [5.41, 5.74) is 5.88. The molecule has 0 aliphatic carbocycles. The Morgan fingerprint density at radius 1 is 1.03 bits per heavy atom. The summed E-state index contributed by atoms with van der Waals surface area (Å²) in [6.07, 6.45) is 1.46. The van der Waals surface area contributed by atoms with Crippen LogP contribution in [0.15, 0.2) is 69.3 Å². The fraction of sp³-hybridized carbons (Fsp3) is 0.185. The molecular formula is C27H26BrN5O5S. The summed E-state index contributed by atoms with van der Waals surface area (Å²) in [7, 11) is 4.61. The lowest BCUT2D eigenvalue weighted by atomic mass is 10.1. The number of rotatable bonds is 10. The van der Waals surface area contributed by atoms with Gasteiger partial charge in [0.1, 0.15) is 0 Å². The van der Waals surface area contributed by atoms with E-state index in [2.05, 4.69) is 36.7 Å². The molecule has 1 amide bonds. The van der Waals surface area contributed by atoms with Crippen molar-refractivity contribution in [3.8, 4) is 40.1 Å². The first kappa shape index (κ1) is 28.0. The number of aromatic hydroxyl groups is 1. The van der Waals surface area contributed by atoms with Crippen molar-refractivity contribution in [2.75, 3.05) is 27.1 Å². The first-order valence-corrected chi connectivity index (χ1v) is 13.4. The lowest BCUT2D eigenvalue weighted by molar-refractivity contribution is -0.118. The van der Waals surface area contributed by atoms with Gasteiger partial charge in [-0.3, -0.25) is 9.36 Å². The fourth-order valence-corrected chi connectivity index (χ4v) is 4.82. The Hall–Kier alpha value is -4.03. The van der Waals surface area contributed by atoms with Crippen LogP contribution in [0, 0.1) is 6.92 Å². The van der Waals surface area contributed by atoms with E-state index < -0.39 is 0 Å². The lowest BCUT2D eigenvalue weighted by Gasteiger charge is -2.12. The Morgan fingerprint density at radius 3 is 2.44 bits per heavy atom. The standard InChI is InChI=1S/C27H26BrN5O5S/c1-16-5-8-19(9-6-16)33-26(18-7-10-21(36-2)22(13-18)37-3)31-32-27(33)39-15-24(34)30-29-14-17-11-20(28)25(35)23(12-17)38-4/h5-14,35H,15H2,1-4H3,(H,30,34). The van der Waals surface area contributed by atoms with Crippen LogP contribution in [0.2, 0.25) is 0 Å². The van der Waals surface area contributed by atoms with Crippen molar-refractivity contribution in [1.29, 1.82) is 0 Å². The van der Waals surface area contributed by atoms with Crippen molar-refractivity contribution in [2.45, 2.75) is 12.1 Å². The third-order valence-corrected chi connectivity index (χ3v) is 7.11. The van der Waals surface area contributed by atoms with E-state index in [4.69, 9.17) is 14.2 Å². The first-order valence-electron chi connectivity index (χ1n) is 11.6. The van der Waals surface area contributed by atoms with E-state index in [9.17, 15) is 9.90 Å². The number of carbonyl (C=O) groups is 1. The molecule has 4 aromatic rings. The summed E-state index contributed by atoms with van der Waals surface area (Å²) >= 11 is 4.49. The normalized spacial score (nSPS) is 11.0. The van der Waals surface area contributed by atoms with Gasteiger partial charge in [0.15, 0.2) is 34.0 Å². The van der Waals surface area contributed by atoms with Crippen molar-refractivity contribution < 1.29 is 24.1 Å². The molecule has 39 heavy (non-hydrogen) atoms. The number of phenolic OH excluding ortho intramolecular Hbond substituents is 1. The Balaban J connectivity index is 1.54. The van der Waals surface area contributed by atoms with Gasteiger partial charge >= 0.3 is 0 Å². The number of thioether (sulfide) groups is 1. The summed E-state index contributed by atoms with van der Waals surface area (Å²) < 4.78 is 18.3. The monoisotopic (exact) mass is 611 g/mol. The summed E-state index contributed by atoms with van der Waals surface area (Å²) in [5, 5.41) is 23.3. The number of hydrazone groups is 1. The second kappa shape index (κ2) is 12.7. The SMILES string of the molecule is COc1ccc(-c2nnc(SCC(=O)NN=Cc3cc(Br)c(O)c(OC)c3)n2-c2ccc(C)cc2)cc1OC. The highest BCUT2D eigenvalue weighted by Crippen LogP contribution is 2.35. The van der Waals surface area contributed by atoms with Crippen LogP contribution < -0.4 is 19.6 Å². The molecule has 2 N–H and O–H groups in total. The van der Waals surface area contributed by atoms with Crippen molar-refractivity contribution in [3.63, 3.8) is 0 Å². The van der Waals surface area contributed by atoms with Crippen molar-refractivity contribution in [3.05, 3.63) is 70.2 Å². The maximum atomic E-state index is 12.6. The van der Waals surface area contributed by atoms with E-state index in [1.165, 1.54) is 25.1 Å². The predicted molar refractivity (Wildman–Crippen MR) is 153 cm³/mol. The minimum Gasteiger partial charge on any atom is -0.503 e. The fourth-order valence-electron chi connectivity index (χ4n) is 3.62. The van der Waals surface area contributed by atoms with Gasteiger partial charge in [0, 0.05) is 11.3 Å². The Bertz CT molecular complexity index is 1510. The number of aromatic nitrogens is 3. The number of nitrogens with zero attached hydrogens (tertiary/aromatic N) is 4. The number of carbonyl (C=O) groups excluding carboxylic acids is 1. The van der Waals surface area contributed by atoms with E-state index in [-0.39, 0.29) is 23.2 Å². The van der Waals surface area contributed by atoms with Gasteiger partial charge in [0.2, 0.25) is 0 Å². The van der Waals surface area contributed by atoms with E-state index in [0.717, 1.165) is 16.8 Å². The molecule has 0 aliphatic heterocycles. The number of aryl methyl sites for hydroxylation is 1. The molecule has 0 unspecified atom stereocenters. The molecule has 0 saturated carbocycles. The van der Waals surface area contributed by atoms with Crippen LogP contribution in [0.25, 0.3) is 17.1 Å². The maximum Gasteiger partial charge on any atom is 0.250 e. The van der Waals surface area contributed by atoms with Gasteiger partial charge in [0.25, 0.3) is 5.91 Å². The molecule has 10 nitrogen and oxygen atoms in total. The molecule has 0 saturated heterocycles. The average Bonchev–Trinajstić information content (AvgIpc) is 3.37. The van der Waals surface area contributed by atoms with E-state index in [1.54, 1.807) is 26.4 Å². The molecule has 4 rings (SSSR count). The molecule has 0 fully saturated rings. The number of hydrogen-bond acceptors (Lipinski definition) is 9. The highest BCUT2D eigenvalue weighted by atomic mass is 79.9. The predicted octanol–water partition coefficient (Wildman–Crippen LogP) is 4.98. The molecule has 0 radical (unpaired) electrons. The average molecular weight is 613 g/mol. The third kappa shape index (κ3) is 6.52. The van der Waals surface area contributed by atoms with Gasteiger partial charge in [-0.15, -0.1) is 10.2 Å². The Morgan fingerprint density at radius 2 is 1.74 bits per heavy atom. The lowest BCUT2D eigenvalue weighted by Crippen LogP contribution is -2.20. The van der Waals surface area contributed by atoms with Crippen molar-refractivity contribution in [2.24, 2.45) is 5.10 Å². The quantitative estimate of drug-likeness (QED) is 0.146. The summed E-state index contributed by atoms with van der Waals surface area (Å²) in [4.78, 5) is 12.6. The van der Waals surface area contributed by atoms with Gasteiger partial charge in [-0.25, -0.2) is 5.43 Å². The topological polar surface area (TPSA) is 120 Å². The zero-order valence-electron chi connectivity index (χ0n) is 21.6. The second-order valence-corrected chi connectivity index (χ2v) is 9.98. The van der Waals surface area contributed by atoms with Crippen LogP contribution in [-0.2, 0) is 4.79 Å². The minimum atomic E-state index is -0.327. The molecule has 0 spiro atoms. The Labute approximate surface area is 238 Å². The summed E-state index contributed by atoms with van der Waals surface area (Å²) in [5.74, 6) is 1.76. The highest BCUT2D eigenvalue weighted by Gasteiger charge is 2.19. The number of methoxy groups -OCH3 is 3. The number of hydrogen-bond donors (Lipinski definition) is 2. The highest BCUT2D eigenvalue weighted by molar-refractivity contribution is 9.10. The number of phenols is 1.